The van der Waals surface area contributed by atoms with Crippen molar-refractivity contribution in [1.29, 1.82) is 0 Å². The van der Waals surface area contributed by atoms with Crippen LogP contribution in [-0.2, 0) is 26.2 Å². The third-order valence-corrected chi connectivity index (χ3v) is 4.70. The molecule has 0 fully saturated rings. The third-order valence-electron chi connectivity index (χ3n) is 4.70. The molecule has 0 spiro atoms. The molecule has 0 saturated carbocycles. The van der Waals surface area contributed by atoms with E-state index in [1.54, 1.807) is 0 Å². The van der Waals surface area contributed by atoms with Crippen molar-refractivity contribution in [2.24, 2.45) is 0 Å². The Morgan fingerprint density at radius 3 is 1.30 bits per heavy atom. The Balaban J connectivity index is 0.000000420. The molecule has 0 heterocycles. The van der Waals surface area contributed by atoms with Gasteiger partial charge in [-0.25, -0.2) is 24.3 Å². The summed E-state index contributed by atoms with van der Waals surface area (Å²) in [7, 11) is 0. The fourth-order valence-electron chi connectivity index (χ4n) is 3.29. The van der Waals surface area contributed by atoms with Gasteiger partial charge in [0, 0.05) is 0 Å². The maximum absolute atomic E-state index is 2.99. The van der Waals surface area contributed by atoms with Gasteiger partial charge in [-0.15, -0.1) is 119 Å². The van der Waals surface area contributed by atoms with Crippen LogP contribution >= 0.6 is 24.8 Å². The summed E-state index contributed by atoms with van der Waals surface area (Å²) in [6, 6.07) is 25.7. The van der Waals surface area contributed by atoms with Crippen LogP contribution in [0.25, 0.3) is 21.5 Å². The normalized spacial score (nSPS) is 11.7. The first-order valence-electron chi connectivity index (χ1n) is 10.4. The summed E-state index contributed by atoms with van der Waals surface area (Å²) in [5.74, 6) is 0. The summed E-state index contributed by atoms with van der Waals surface area (Å²) >= 11 is 0. The van der Waals surface area contributed by atoms with E-state index in [0.29, 0.717) is 0 Å². The third kappa shape index (κ3) is 11.2. The Hall–Kier alpha value is -1.92. The fraction of sp³-hybridized carbons (Fsp3) is 0.133. The quantitative estimate of drug-likeness (QED) is 0.191. The summed E-state index contributed by atoms with van der Waals surface area (Å²) in [6.07, 6.45) is 20.0. The molecule has 6 rings (SSSR count). The maximum atomic E-state index is 2.99. The summed E-state index contributed by atoms with van der Waals surface area (Å²) in [5, 5.41) is 5.39. The Kier molecular flexibility index (Phi) is 16.5. The van der Waals surface area contributed by atoms with Crippen LogP contribution in [0.5, 0.6) is 0 Å². The van der Waals surface area contributed by atoms with Gasteiger partial charge in [0.25, 0.3) is 0 Å². The van der Waals surface area contributed by atoms with Gasteiger partial charge in [0.2, 0.25) is 0 Å². The molecule has 0 atom stereocenters. The molecule has 168 valence electrons. The molecule has 0 aliphatic heterocycles. The minimum absolute atomic E-state index is 0. The first kappa shape index (κ1) is 31.1. The number of allylic oxidation sites excluding steroid dienone is 8. The molecule has 0 amide bonds. The van der Waals surface area contributed by atoms with Gasteiger partial charge in [0.15, 0.2) is 0 Å². The molecule has 3 heteroatoms. The van der Waals surface area contributed by atoms with Crippen LogP contribution in [0.15, 0.2) is 109 Å². The number of rotatable bonds is 0. The number of fused-ring (bicyclic) bond motifs is 2. The van der Waals surface area contributed by atoms with Crippen LogP contribution < -0.4 is 0 Å². The first-order valence-corrected chi connectivity index (χ1v) is 10.4. The van der Waals surface area contributed by atoms with Crippen LogP contribution in [-0.4, -0.2) is 0 Å². The largest absolute Gasteiger partial charge is 4.00 e. The van der Waals surface area contributed by atoms with E-state index in [1.807, 2.05) is 24.3 Å². The zero-order valence-corrected chi connectivity index (χ0v) is 23.2. The minimum atomic E-state index is 0. The van der Waals surface area contributed by atoms with Crippen molar-refractivity contribution >= 4 is 46.4 Å². The van der Waals surface area contributed by atoms with Crippen LogP contribution in [0.4, 0.5) is 0 Å². The Morgan fingerprint density at radius 1 is 0.636 bits per heavy atom. The van der Waals surface area contributed by atoms with Gasteiger partial charge in [0.05, 0.1) is 0 Å². The number of hydrogen-bond acceptors (Lipinski definition) is 0. The minimum Gasteiger partial charge on any atom is -0.273 e. The van der Waals surface area contributed by atoms with Gasteiger partial charge in [-0.3, -0.25) is 12.2 Å². The van der Waals surface area contributed by atoms with E-state index >= 15 is 0 Å². The van der Waals surface area contributed by atoms with Crippen molar-refractivity contribution in [2.45, 2.75) is 26.7 Å². The van der Waals surface area contributed by atoms with Crippen LogP contribution in [0.2, 0.25) is 0 Å². The average molecular weight is 553 g/mol. The molecule has 0 radical (unpaired) electrons. The molecule has 4 aromatic rings. The molecule has 0 nitrogen and oxygen atoms in total. The number of benzene rings is 2. The SMILES string of the molecule is Cc1cc2ccccc2[cH-]1.Cc1cc2ccccc2[cH-]1.Cl.Cl.[C-]1=CC=CC1.[C-]1=CC=CC1.[Zr+4]. The molecule has 0 bridgehead atoms. The Morgan fingerprint density at radius 2 is 1.03 bits per heavy atom. The monoisotopic (exact) mass is 550 g/mol. The molecule has 2 aliphatic rings. The van der Waals surface area contributed by atoms with Crippen molar-refractivity contribution in [3.05, 3.63) is 133 Å². The Labute approximate surface area is 230 Å². The molecular formula is C30H30Cl2Zr. The van der Waals surface area contributed by atoms with E-state index in [4.69, 9.17) is 0 Å². The van der Waals surface area contributed by atoms with Gasteiger partial charge in [-0.05, 0) is 0 Å². The predicted molar refractivity (Wildman–Crippen MR) is 146 cm³/mol. The predicted octanol–water partition coefficient (Wildman–Crippen LogP) is 9.19. The van der Waals surface area contributed by atoms with Crippen molar-refractivity contribution < 1.29 is 26.2 Å². The second-order valence-electron chi connectivity index (χ2n) is 7.33. The van der Waals surface area contributed by atoms with Gasteiger partial charge in [-0.2, -0.15) is 24.3 Å². The Bertz CT molecular complexity index is 992. The van der Waals surface area contributed by atoms with Gasteiger partial charge in [-0.1, -0.05) is 26.0 Å². The van der Waals surface area contributed by atoms with Crippen LogP contribution in [0.3, 0.4) is 0 Å². The van der Waals surface area contributed by atoms with Gasteiger partial charge in [0.1, 0.15) is 0 Å². The van der Waals surface area contributed by atoms with Crippen LogP contribution in [0, 0.1) is 26.0 Å². The van der Waals surface area contributed by atoms with E-state index in [2.05, 4.69) is 111 Å². The van der Waals surface area contributed by atoms with Crippen LogP contribution in [0.1, 0.15) is 24.0 Å². The van der Waals surface area contributed by atoms with Crippen molar-refractivity contribution in [1.82, 2.24) is 0 Å². The fourth-order valence-corrected chi connectivity index (χ4v) is 3.29. The summed E-state index contributed by atoms with van der Waals surface area (Å²) < 4.78 is 0. The van der Waals surface area contributed by atoms with E-state index < -0.39 is 0 Å². The zero-order chi connectivity index (χ0) is 21.0. The summed E-state index contributed by atoms with van der Waals surface area (Å²) in [5.41, 5.74) is 2.70. The summed E-state index contributed by atoms with van der Waals surface area (Å²) in [4.78, 5) is 0. The molecule has 33 heavy (non-hydrogen) atoms. The zero-order valence-electron chi connectivity index (χ0n) is 19.1. The van der Waals surface area contributed by atoms with Crippen molar-refractivity contribution in [2.75, 3.05) is 0 Å². The van der Waals surface area contributed by atoms with Gasteiger partial charge >= 0.3 is 26.2 Å². The van der Waals surface area contributed by atoms with E-state index in [-0.39, 0.29) is 51.0 Å². The molecule has 0 N–H and O–H groups in total. The maximum Gasteiger partial charge on any atom is 4.00 e. The molecule has 4 aromatic carbocycles. The van der Waals surface area contributed by atoms with E-state index in [0.717, 1.165) is 12.8 Å². The molecule has 0 saturated heterocycles. The molecule has 0 aromatic heterocycles. The summed E-state index contributed by atoms with van der Waals surface area (Å²) in [6.45, 7) is 4.25. The number of aryl methyl sites for hydroxylation is 2. The first-order chi connectivity index (χ1) is 14.7. The second-order valence-corrected chi connectivity index (χ2v) is 7.33. The van der Waals surface area contributed by atoms with E-state index in [1.165, 1.54) is 32.7 Å². The van der Waals surface area contributed by atoms with Crippen molar-refractivity contribution in [3.63, 3.8) is 0 Å². The smallest absolute Gasteiger partial charge is 0.273 e. The average Bonchev–Trinajstić information content (AvgIpc) is 3.57. The number of hydrogen-bond donors (Lipinski definition) is 0. The molecule has 2 aliphatic carbocycles. The van der Waals surface area contributed by atoms with Crippen molar-refractivity contribution in [3.8, 4) is 0 Å². The topological polar surface area (TPSA) is 0 Å². The van der Waals surface area contributed by atoms with Gasteiger partial charge < -0.3 is 0 Å². The molecular weight excluding hydrogens is 522 g/mol. The standard InChI is InChI=1S/2C10H9.2C5H5.2ClH.Zr/c2*1-8-6-9-4-2-3-5-10(9)7-8;2*1-2-4-5-3-1;;;/h2*2-7H,1H3;2*1-3H,4H2;2*1H;/q4*-1;;;+4. The second kappa shape index (κ2) is 17.5. The van der Waals surface area contributed by atoms with E-state index in [9.17, 15) is 0 Å². The molecule has 0 unspecified atom stereocenters. The number of halogens is 2.